The van der Waals surface area contributed by atoms with Crippen molar-refractivity contribution in [3.8, 4) is 0 Å². The Morgan fingerprint density at radius 1 is 1.38 bits per heavy atom. The fourth-order valence-electron chi connectivity index (χ4n) is 3.27. The first kappa shape index (κ1) is 16.4. The van der Waals surface area contributed by atoms with Crippen molar-refractivity contribution in [1.82, 2.24) is 20.1 Å². The second kappa shape index (κ2) is 6.22. The molecule has 1 aliphatic carbocycles. The van der Waals surface area contributed by atoms with E-state index in [0.717, 1.165) is 11.0 Å². The lowest BCUT2D eigenvalue weighted by atomic mass is 10.1. The number of aromatic nitrogens is 3. The molecule has 1 aliphatic rings. The minimum absolute atomic E-state index is 0.0907. The number of pyridine rings is 1. The molecule has 2 heterocycles. The van der Waals surface area contributed by atoms with E-state index < -0.39 is 5.97 Å². The summed E-state index contributed by atoms with van der Waals surface area (Å²) in [6.45, 7) is 5.87. The number of carboxylic acids is 1. The van der Waals surface area contributed by atoms with Crippen molar-refractivity contribution < 1.29 is 14.7 Å². The third-order valence-electron chi connectivity index (χ3n) is 4.61. The number of aryl methyl sites for hydroxylation is 1. The Morgan fingerprint density at radius 2 is 2.12 bits per heavy atom. The van der Waals surface area contributed by atoms with E-state index in [2.05, 4.69) is 15.4 Å². The lowest BCUT2D eigenvalue weighted by Gasteiger charge is -2.14. The molecule has 128 valence electrons. The van der Waals surface area contributed by atoms with Gasteiger partial charge in [-0.15, -0.1) is 0 Å². The van der Waals surface area contributed by atoms with Crippen LogP contribution < -0.4 is 5.32 Å². The maximum atomic E-state index is 12.6. The van der Waals surface area contributed by atoms with Gasteiger partial charge in [-0.3, -0.25) is 9.59 Å². The first-order chi connectivity index (χ1) is 11.4. The largest absolute Gasteiger partial charge is 0.481 e. The van der Waals surface area contributed by atoms with Gasteiger partial charge < -0.3 is 10.4 Å². The summed E-state index contributed by atoms with van der Waals surface area (Å²) in [6.07, 6.45) is 3.51. The zero-order chi connectivity index (χ0) is 17.4. The molecule has 24 heavy (non-hydrogen) atoms. The molecule has 0 spiro atoms. The molecule has 1 fully saturated rings. The van der Waals surface area contributed by atoms with Crippen LogP contribution in [0.2, 0.25) is 0 Å². The lowest BCUT2D eigenvalue weighted by Crippen LogP contribution is -2.34. The van der Waals surface area contributed by atoms with Gasteiger partial charge in [0.1, 0.15) is 0 Å². The van der Waals surface area contributed by atoms with Crippen molar-refractivity contribution in [2.75, 3.05) is 0 Å². The van der Waals surface area contributed by atoms with E-state index in [0.29, 0.717) is 30.5 Å². The predicted molar refractivity (Wildman–Crippen MR) is 88.9 cm³/mol. The average Bonchev–Trinajstić information content (AvgIpc) is 3.12. The molecular formula is C17H22N4O3. The summed E-state index contributed by atoms with van der Waals surface area (Å²) in [6, 6.07) is 1.91. The maximum Gasteiger partial charge on any atom is 0.306 e. The number of carbonyl (C=O) groups excluding carboxylic acids is 1. The van der Waals surface area contributed by atoms with E-state index in [1.807, 2.05) is 24.6 Å². The van der Waals surface area contributed by atoms with Crippen molar-refractivity contribution in [1.29, 1.82) is 0 Å². The Labute approximate surface area is 140 Å². The van der Waals surface area contributed by atoms with Gasteiger partial charge in [0.05, 0.1) is 23.4 Å². The van der Waals surface area contributed by atoms with Gasteiger partial charge in [-0.2, -0.15) is 5.10 Å². The standard InChI is InChI=1S/C17H22N4O3/c1-9(2)21-15-12(8-18-21)7-14(10(3)19-15)16(22)20-13-5-4-11(6-13)17(23)24/h7-9,11,13H,4-6H2,1-3H3,(H,20,22)(H,23,24)/t11-,13+/m1/s1. The molecule has 0 aliphatic heterocycles. The molecule has 2 aromatic heterocycles. The molecule has 7 heteroatoms. The molecule has 1 amide bonds. The minimum atomic E-state index is -0.785. The predicted octanol–water partition coefficient (Wildman–Crippen LogP) is 2.30. The quantitative estimate of drug-likeness (QED) is 0.896. The number of carbonyl (C=O) groups is 2. The second-order valence-electron chi connectivity index (χ2n) is 6.74. The molecule has 2 aromatic rings. The van der Waals surface area contributed by atoms with Crippen molar-refractivity contribution in [2.24, 2.45) is 5.92 Å². The van der Waals surface area contributed by atoms with Crippen molar-refractivity contribution in [3.63, 3.8) is 0 Å². The van der Waals surface area contributed by atoms with E-state index in [9.17, 15) is 9.59 Å². The molecule has 2 N–H and O–H groups in total. The second-order valence-corrected chi connectivity index (χ2v) is 6.74. The molecule has 0 radical (unpaired) electrons. The first-order valence-corrected chi connectivity index (χ1v) is 8.25. The fourth-order valence-corrected chi connectivity index (χ4v) is 3.27. The SMILES string of the molecule is Cc1nc2c(cnn2C(C)C)cc1C(=O)N[C@H]1CC[C@@H](C(=O)O)C1. The van der Waals surface area contributed by atoms with Crippen LogP contribution in [0.4, 0.5) is 0 Å². The summed E-state index contributed by atoms with van der Waals surface area (Å²) in [4.78, 5) is 28.1. The van der Waals surface area contributed by atoms with Gasteiger partial charge in [0.15, 0.2) is 5.65 Å². The number of carboxylic acid groups (broad SMARTS) is 1. The number of hydrogen-bond acceptors (Lipinski definition) is 4. The molecule has 0 aromatic carbocycles. The Bertz CT molecular complexity index is 796. The van der Waals surface area contributed by atoms with E-state index >= 15 is 0 Å². The number of nitrogens with one attached hydrogen (secondary N) is 1. The highest BCUT2D eigenvalue weighted by Gasteiger charge is 2.31. The number of nitrogens with zero attached hydrogens (tertiary/aromatic N) is 3. The zero-order valence-corrected chi connectivity index (χ0v) is 14.1. The van der Waals surface area contributed by atoms with Crippen LogP contribution in [0.1, 0.15) is 55.2 Å². The topological polar surface area (TPSA) is 97.1 Å². The number of rotatable bonds is 4. The molecule has 0 saturated heterocycles. The molecule has 0 unspecified atom stereocenters. The number of amides is 1. The van der Waals surface area contributed by atoms with Crippen molar-refractivity contribution in [3.05, 3.63) is 23.5 Å². The third kappa shape index (κ3) is 2.98. The highest BCUT2D eigenvalue weighted by atomic mass is 16.4. The molecule has 1 saturated carbocycles. The zero-order valence-electron chi connectivity index (χ0n) is 14.1. The maximum absolute atomic E-state index is 12.6. The molecular weight excluding hydrogens is 308 g/mol. The normalized spacial score (nSPS) is 20.7. The van der Waals surface area contributed by atoms with Gasteiger partial charge in [-0.1, -0.05) is 0 Å². The van der Waals surface area contributed by atoms with Crippen LogP contribution in [0, 0.1) is 12.8 Å². The smallest absolute Gasteiger partial charge is 0.306 e. The van der Waals surface area contributed by atoms with Gasteiger partial charge in [0.25, 0.3) is 5.91 Å². The number of hydrogen-bond donors (Lipinski definition) is 2. The minimum Gasteiger partial charge on any atom is -0.481 e. The van der Waals surface area contributed by atoms with Crippen LogP contribution in [0.25, 0.3) is 11.0 Å². The highest BCUT2D eigenvalue weighted by molar-refractivity contribution is 5.98. The summed E-state index contributed by atoms with van der Waals surface area (Å²) in [5.41, 5.74) is 1.94. The van der Waals surface area contributed by atoms with Crippen molar-refractivity contribution in [2.45, 2.75) is 52.1 Å². The third-order valence-corrected chi connectivity index (χ3v) is 4.61. The van der Waals surface area contributed by atoms with Crippen LogP contribution in [0.15, 0.2) is 12.3 Å². The Kier molecular flexibility index (Phi) is 4.26. The summed E-state index contributed by atoms with van der Waals surface area (Å²) in [5, 5.41) is 17.2. The van der Waals surface area contributed by atoms with Crippen LogP contribution in [0.5, 0.6) is 0 Å². The molecule has 0 bridgehead atoms. The molecule has 3 rings (SSSR count). The van der Waals surface area contributed by atoms with Gasteiger partial charge in [0.2, 0.25) is 0 Å². The summed E-state index contributed by atoms with van der Waals surface area (Å²) >= 11 is 0. The average molecular weight is 330 g/mol. The van der Waals surface area contributed by atoms with Gasteiger partial charge >= 0.3 is 5.97 Å². The Morgan fingerprint density at radius 3 is 2.75 bits per heavy atom. The van der Waals surface area contributed by atoms with Crippen LogP contribution in [-0.4, -0.2) is 37.8 Å². The van der Waals surface area contributed by atoms with E-state index in [-0.39, 0.29) is 23.9 Å². The van der Waals surface area contributed by atoms with Crippen LogP contribution in [-0.2, 0) is 4.79 Å². The van der Waals surface area contributed by atoms with Crippen molar-refractivity contribution >= 4 is 22.9 Å². The van der Waals surface area contributed by atoms with E-state index in [1.165, 1.54) is 0 Å². The van der Waals surface area contributed by atoms with Gasteiger partial charge in [-0.05, 0) is 46.1 Å². The number of fused-ring (bicyclic) bond motifs is 1. The summed E-state index contributed by atoms with van der Waals surface area (Å²) in [7, 11) is 0. The fraction of sp³-hybridized carbons (Fsp3) is 0.529. The lowest BCUT2D eigenvalue weighted by molar-refractivity contribution is -0.141. The van der Waals surface area contributed by atoms with Crippen LogP contribution >= 0.6 is 0 Å². The van der Waals surface area contributed by atoms with Gasteiger partial charge in [-0.25, -0.2) is 9.67 Å². The summed E-state index contributed by atoms with van der Waals surface area (Å²) in [5.74, 6) is -1.34. The monoisotopic (exact) mass is 330 g/mol. The highest BCUT2D eigenvalue weighted by Crippen LogP contribution is 2.26. The van der Waals surface area contributed by atoms with E-state index in [4.69, 9.17) is 5.11 Å². The van der Waals surface area contributed by atoms with E-state index in [1.54, 1.807) is 13.1 Å². The summed E-state index contributed by atoms with van der Waals surface area (Å²) < 4.78 is 1.83. The molecule has 7 nitrogen and oxygen atoms in total. The molecule has 2 atom stereocenters. The van der Waals surface area contributed by atoms with Crippen LogP contribution in [0.3, 0.4) is 0 Å². The Hall–Kier alpha value is -2.44. The van der Waals surface area contributed by atoms with Gasteiger partial charge in [0, 0.05) is 17.5 Å². The number of aliphatic carboxylic acids is 1. The first-order valence-electron chi connectivity index (χ1n) is 8.25. The Balaban J connectivity index is 1.80.